The van der Waals surface area contributed by atoms with E-state index < -0.39 is 0 Å². The van der Waals surface area contributed by atoms with Crippen molar-refractivity contribution in [3.05, 3.63) is 75.2 Å². The maximum atomic E-state index is 12.6. The number of nitrogens with one attached hydrogen (secondary N) is 1. The molecular weight excluding hydrogens is 356 g/mol. The Morgan fingerprint density at radius 1 is 1.04 bits per heavy atom. The van der Waals surface area contributed by atoms with Gasteiger partial charge in [-0.15, -0.1) is 11.3 Å². The lowest BCUT2D eigenvalue weighted by Crippen LogP contribution is -2.24. The number of hydrogen-bond acceptors (Lipinski definition) is 4. The Bertz CT molecular complexity index is 1020. The summed E-state index contributed by atoms with van der Waals surface area (Å²) in [5, 5.41) is 6.16. The normalized spacial score (nSPS) is 12.0. The van der Waals surface area contributed by atoms with Crippen LogP contribution >= 0.6 is 11.3 Å². The van der Waals surface area contributed by atoms with E-state index in [4.69, 9.17) is 0 Å². The highest BCUT2D eigenvalue weighted by atomic mass is 32.1. The molecule has 1 N–H and O–H groups in total. The molecule has 0 bridgehead atoms. The van der Waals surface area contributed by atoms with Crippen molar-refractivity contribution in [1.82, 2.24) is 10.3 Å². The monoisotopic (exact) mass is 376 g/mol. The van der Waals surface area contributed by atoms with Crippen LogP contribution in [0.3, 0.4) is 0 Å². The average molecular weight is 376 g/mol. The molecule has 4 nitrogen and oxygen atoms in total. The van der Waals surface area contributed by atoms with Crippen LogP contribution in [0.5, 0.6) is 0 Å². The molecule has 1 heterocycles. The fourth-order valence-electron chi connectivity index (χ4n) is 3.39. The molecule has 0 spiro atoms. The Morgan fingerprint density at radius 2 is 1.81 bits per heavy atom. The molecule has 1 aliphatic rings. The molecule has 0 fully saturated rings. The van der Waals surface area contributed by atoms with Crippen LogP contribution in [0.15, 0.2) is 47.8 Å². The van der Waals surface area contributed by atoms with Gasteiger partial charge in [-0.25, -0.2) is 4.98 Å². The van der Waals surface area contributed by atoms with E-state index in [2.05, 4.69) is 15.7 Å². The fraction of sp³-hybridized carbons (Fsp3) is 0.227. The first kappa shape index (κ1) is 17.6. The Morgan fingerprint density at radius 3 is 2.59 bits per heavy atom. The fourth-order valence-corrected chi connectivity index (χ4v) is 4.21. The highest BCUT2D eigenvalue weighted by molar-refractivity contribution is 7.09. The minimum absolute atomic E-state index is 0.00556. The molecule has 0 radical (unpaired) electrons. The second kappa shape index (κ2) is 7.45. The number of carbonyl (C=O) groups is 2. The van der Waals surface area contributed by atoms with Gasteiger partial charge in [-0.1, -0.05) is 30.3 Å². The molecule has 1 amide bonds. The molecule has 0 unspecified atom stereocenters. The second-order valence-corrected chi connectivity index (χ2v) is 7.67. The summed E-state index contributed by atoms with van der Waals surface area (Å²) in [5.74, 6) is -0.138. The number of nitrogens with zero attached hydrogens (tertiary/aromatic N) is 1. The van der Waals surface area contributed by atoms with Gasteiger partial charge < -0.3 is 5.32 Å². The summed E-state index contributed by atoms with van der Waals surface area (Å²) in [6, 6.07) is 13.0. The number of aryl methyl sites for hydroxylation is 2. The van der Waals surface area contributed by atoms with E-state index in [0.717, 1.165) is 41.1 Å². The number of unbranched alkanes of at least 4 members (excludes halogenated alkanes) is 1. The number of carbonyl (C=O) groups excluding carboxylic acids is 2. The lowest BCUT2D eigenvalue weighted by atomic mass is 10.0. The maximum absolute atomic E-state index is 12.6. The minimum Gasteiger partial charge on any atom is -0.352 e. The van der Waals surface area contributed by atoms with Crippen LogP contribution in [-0.2, 0) is 6.42 Å². The molecule has 2 aromatic carbocycles. The summed E-state index contributed by atoms with van der Waals surface area (Å²) in [7, 11) is 0. The van der Waals surface area contributed by atoms with Crippen molar-refractivity contribution >= 4 is 23.0 Å². The Hall–Kier alpha value is -2.79. The van der Waals surface area contributed by atoms with Gasteiger partial charge in [0.25, 0.3) is 5.91 Å². The summed E-state index contributed by atoms with van der Waals surface area (Å²) in [6.45, 7) is 2.62. The largest absolute Gasteiger partial charge is 0.352 e. The topological polar surface area (TPSA) is 59.1 Å². The molecule has 0 saturated carbocycles. The zero-order chi connectivity index (χ0) is 18.8. The predicted molar refractivity (Wildman–Crippen MR) is 107 cm³/mol. The van der Waals surface area contributed by atoms with E-state index in [-0.39, 0.29) is 11.7 Å². The zero-order valence-corrected chi connectivity index (χ0v) is 15.9. The summed E-state index contributed by atoms with van der Waals surface area (Å²) < 4.78 is 0. The van der Waals surface area contributed by atoms with Crippen molar-refractivity contribution < 1.29 is 9.59 Å². The molecule has 0 saturated heterocycles. The smallest absolute Gasteiger partial charge is 0.251 e. The van der Waals surface area contributed by atoms with Crippen molar-refractivity contribution in [1.29, 1.82) is 0 Å². The quantitative estimate of drug-likeness (QED) is 0.507. The summed E-state index contributed by atoms with van der Waals surface area (Å²) in [6.07, 6.45) is 2.84. The van der Waals surface area contributed by atoms with Gasteiger partial charge in [0.05, 0.1) is 5.01 Å². The first-order chi connectivity index (χ1) is 13.1. The van der Waals surface area contributed by atoms with Gasteiger partial charge in [-0.3, -0.25) is 9.59 Å². The average Bonchev–Trinajstić information content (AvgIpc) is 3.23. The van der Waals surface area contributed by atoms with E-state index >= 15 is 0 Å². The molecule has 3 aromatic rings. The van der Waals surface area contributed by atoms with E-state index in [9.17, 15) is 9.59 Å². The number of hydrogen-bond donors (Lipinski definition) is 1. The van der Waals surface area contributed by atoms with Gasteiger partial charge in [0.2, 0.25) is 0 Å². The number of amides is 1. The van der Waals surface area contributed by atoms with E-state index in [1.807, 2.05) is 37.3 Å². The van der Waals surface area contributed by atoms with Gasteiger partial charge in [0, 0.05) is 34.3 Å². The van der Waals surface area contributed by atoms with Crippen molar-refractivity contribution in [3.63, 3.8) is 0 Å². The van der Waals surface area contributed by atoms with Gasteiger partial charge in [-0.2, -0.15) is 0 Å². The van der Waals surface area contributed by atoms with Crippen LogP contribution < -0.4 is 5.32 Å². The molecule has 0 aliphatic heterocycles. The highest BCUT2D eigenvalue weighted by Gasteiger charge is 2.26. The lowest BCUT2D eigenvalue weighted by molar-refractivity contribution is 0.0953. The second-order valence-electron chi connectivity index (χ2n) is 6.73. The van der Waals surface area contributed by atoms with Crippen molar-refractivity contribution in [3.8, 4) is 11.1 Å². The van der Waals surface area contributed by atoms with E-state index in [1.54, 1.807) is 23.5 Å². The third-order valence-corrected chi connectivity index (χ3v) is 5.78. The van der Waals surface area contributed by atoms with Crippen LogP contribution in [0.25, 0.3) is 11.1 Å². The molecular formula is C22H20N2O2S. The van der Waals surface area contributed by atoms with Crippen molar-refractivity contribution in [2.75, 3.05) is 6.54 Å². The molecule has 5 heteroatoms. The number of benzene rings is 2. The van der Waals surface area contributed by atoms with Crippen LogP contribution in [-0.4, -0.2) is 23.2 Å². The van der Waals surface area contributed by atoms with Crippen LogP contribution in [0.4, 0.5) is 0 Å². The van der Waals surface area contributed by atoms with Crippen LogP contribution in [0.1, 0.15) is 49.8 Å². The molecule has 1 aromatic heterocycles. The van der Waals surface area contributed by atoms with Crippen LogP contribution in [0.2, 0.25) is 0 Å². The van der Waals surface area contributed by atoms with Crippen molar-refractivity contribution in [2.24, 2.45) is 0 Å². The zero-order valence-electron chi connectivity index (χ0n) is 15.1. The Labute approximate surface area is 162 Å². The molecule has 136 valence electrons. The third-order valence-electron chi connectivity index (χ3n) is 4.76. The van der Waals surface area contributed by atoms with Gasteiger partial charge in [0.1, 0.15) is 0 Å². The lowest BCUT2D eigenvalue weighted by Gasteiger charge is -2.07. The Balaban J connectivity index is 1.34. The van der Waals surface area contributed by atoms with Gasteiger partial charge in [-0.05, 0) is 49.4 Å². The number of ketones is 1. The standard InChI is InChI=1S/C22H20N2O2S/c1-14-13-27-20(24-14)8-4-5-11-23-22(26)15-9-10-17-16-6-2-3-7-18(16)21(25)19(17)12-15/h2-3,6-7,9-10,12-13H,4-5,8,11H2,1H3,(H,23,26). The minimum atomic E-state index is -0.133. The summed E-state index contributed by atoms with van der Waals surface area (Å²) in [4.78, 5) is 29.4. The summed E-state index contributed by atoms with van der Waals surface area (Å²) >= 11 is 1.69. The third kappa shape index (κ3) is 3.55. The Kier molecular flexibility index (Phi) is 4.86. The SMILES string of the molecule is Cc1csc(CCCCNC(=O)c2ccc3c(c2)C(=O)c2ccccc2-3)n1. The summed E-state index contributed by atoms with van der Waals surface area (Å²) in [5.41, 5.74) is 4.78. The maximum Gasteiger partial charge on any atom is 0.251 e. The van der Waals surface area contributed by atoms with E-state index in [1.165, 1.54) is 0 Å². The van der Waals surface area contributed by atoms with E-state index in [0.29, 0.717) is 23.2 Å². The highest BCUT2D eigenvalue weighted by Crippen LogP contribution is 2.36. The number of fused-ring (bicyclic) bond motifs is 3. The first-order valence-corrected chi connectivity index (χ1v) is 9.99. The molecule has 4 rings (SSSR count). The number of rotatable bonds is 6. The molecule has 1 aliphatic carbocycles. The van der Waals surface area contributed by atoms with Crippen LogP contribution in [0, 0.1) is 6.92 Å². The first-order valence-electron chi connectivity index (χ1n) is 9.11. The van der Waals surface area contributed by atoms with Crippen molar-refractivity contribution in [2.45, 2.75) is 26.2 Å². The predicted octanol–water partition coefficient (Wildman–Crippen LogP) is 4.42. The van der Waals surface area contributed by atoms with Gasteiger partial charge >= 0.3 is 0 Å². The van der Waals surface area contributed by atoms with Gasteiger partial charge in [0.15, 0.2) is 5.78 Å². The molecule has 27 heavy (non-hydrogen) atoms. The number of aromatic nitrogens is 1. The molecule has 0 atom stereocenters. The number of thiazole rings is 1.